The first-order valence-corrected chi connectivity index (χ1v) is 18.5. The van der Waals surface area contributed by atoms with Crippen LogP contribution in [0.15, 0.2) is 133 Å². The molecule has 0 aliphatic carbocycles. The first-order valence-electron chi connectivity index (χ1n) is 18.5. The topological polar surface area (TPSA) is 52.6 Å². The van der Waals surface area contributed by atoms with Gasteiger partial charge in [-0.2, -0.15) is 0 Å². The molecule has 2 aromatic rings. The maximum atomic E-state index is 6.23. The Hall–Kier alpha value is -4.14. The number of benzene rings is 2. The highest BCUT2D eigenvalue weighted by Crippen LogP contribution is 2.32. The Morgan fingerprint density at radius 2 is 1.55 bits per heavy atom. The summed E-state index contributed by atoms with van der Waals surface area (Å²) >= 11 is 0. The van der Waals surface area contributed by atoms with Crippen LogP contribution in [0.3, 0.4) is 0 Å². The lowest BCUT2D eigenvalue weighted by Gasteiger charge is -2.26. The number of ether oxygens (including phenoxy) is 5. The van der Waals surface area contributed by atoms with E-state index >= 15 is 0 Å². The molecule has 0 bridgehead atoms. The molecule has 2 fully saturated rings. The maximum Gasteiger partial charge on any atom is 0.119 e. The smallest absolute Gasteiger partial charge is 0.119 e. The van der Waals surface area contributed by atoms with E-state index in [0.717, 1.165) is 107 Å². The van der Waals surface area contributed by atoms with Gasteiger partial charge in [0.2, 0.25) is 0 Å². The van der Waals surface area contributed by atoms with Crippen molar-refractivity contribution in [3.05, 3.63) is 144 Å². The summed E-state index contributed by atoms with van der Waals surface area (Å²) in [4.78, 5) is 4.78. The Bertz CT molecular complexity index is 1480. The first kappa shape index (κ1) is 39.6. The van der Waals surface area contributed by atoms with Crippen LogP contribution >= 0.6 is 0 Å². The minimum Gasteiger partial charge on any atom is -0.492 e. The van der Waals surface area contributed by atoms with Gasteiger partial charge < -0.3 is 23.7 Å². The van der Waals surface area contributed by atoms with Gasteiger partial charge in [-0.1, -0.05) is 86.9 Å². The van der Waals surface area contributed by atoms with Crippen LogP contribution in [0.25, 0.3) is 5.57 Å². The van der Waals surface area contributed by atoms with Crippen molar-refractivity contribution < 1.29 is 23.7 Å². The molecule has 0 atom stereocenters. The number of hydrogen-bond acceptors (Lipinski definition) is 7. The van der Waals surface area contributed by atoms with Crippen molar-refractivity contribution in [2.45, 2.75) is 39.7 Å². The summed E-state index contributed by atoms with van der Waals surface area (Å²) in [5.41, 5.74) is 5.77. The maximum absolute atomic E-state index is 6.23. The van der Waals surface area contributed by atoms with Crippen LogP contribution in [0.5, 0.6) is 5.75 Å². The minimum absolute atomic E-state index is 0.469. The summed E-state index contributed by atoms with van der Waals surface area (Å²) in [7, 11) is 0. The highest BCUT2D eigenvalue weighted by molar-refractivity contribution is 5.75. The summed E-state index contributed by atoms with van der Waals surface area (Å²) in [5, 5.41) is 0. The van der Waals surface area contributed by atoms with Crippen LogP contribution in [0.4, 0.5) is 0 Å². The molecular formula is C44H58N2O5. The molecule has 0 N–H and O–H groups in total. The van der Waals surface area contributed by atoms with Crippen molar-refractivity contribution in [1.29, 1.82) is 0 Å². The Kier molecular flexibility index (Phi) is 18.2. The second-order valence-electron chi connectivity index (χ2n) is 12.5. The van der Waals surface area contributed by atoms with E-state index in [0.29, 0.717) is 32.0 Å². The quantitative estimate of drug-likeness (QED) is 0.102. The van der Waals surface area contributed by atoms with Gasteiger partial charge in [0.1, 0.15) is 37.1 Å². The molecule has 2 saturated heterocycles. The fourth-order valence-corrected chi connectivity index (χ4v) is 6.13. The van der Waals surface area contributed by atoms with Gasteiger partial charge in [-0.25, -0.2) is 0 Å². The van der Waals surface area contributed by atoms with Crippen molar-refractivity contribution in [3.8, 4) is 5.75 Å². The SMILES string of the molecule is C=C/C=C(\C=C/C\C(=C(CC)/C(/C=C\C)=C/C(=C)OCc1ccccc1)c1ccc(OCCN2CCOCC2)cc1)OCCN1CCCOCC1. The molecule has 0 unspecified atom stereocenters. The molecular weight excluding hydrogens is 636 g/mol. The third-order valence-electron chi connectivity index (χ3n) is 8.86. The monoisotopic (exact) mass is 694 g/mol. The molecule has 0 radical (unpaired) electrons. The second kappa shape index (κ2) is 23.4. The van der Waals surface area contributed by atoms with Gasteiger partial charge in [0.15, 0.2) is 0 Å². The zero-order chi connectivity index (χ0) is 35.9. The summed E-state index contributed by atoms with van der Waals surface area (Å²) < 4.78 is 29.6. The third kappa shape index (κ3) is 14.6. The standard InChI is InChI=1S/C44H58N2O5/c1-5-13-40(35-37(4)51-36-38-15-9-8-10-16-38)43(7-3)44(39-19-21-42(22-20-39)50-34-28-46-25-31-48-32-26-46)18-11-17-41(14-6-2)49-33-27-45-23-12-29-47-30-24-45/h5-6,8-11,13-17,19-22,35H,2,4,7,12,18,23-34,36H2,1,3H3/b13-5-,17-11-,40-35+,41-14+,44-43+. The average Bonchev–Trinajstić information content (AvgIpc) is 3.44. The van der Waals surface area contributed by atoms with Gasteiger partial charge in [-0.15, -0.1) is 0 Å². The van der Waals surface area contributed by atoms with Crippen molar-refractivity contribution >= 4 is 5.57 Å². The van der Waals surface area contributed by atoms with Crippen LogP contribution in [-0.4, -0.2) is 88.7 Å². The van der Waals surface area contributed by atoms with E-state index in [2.05, 4.69) is 96.7 Å². The van der Waals surface area contributed by atoms with E-state index in [9.17, 15) is 0 Å². The zero-order valence-corrected chi connectivity index (χ0v) is 30.9. The Morgan fingerprint density at radius 1 is 0.843 bits per heavy atom. The molecule has 0 aromatic heterocycles. The normalized spacial score (nSPS) is 17.3. The van der Waals surface area contributed by atoms with Gasteiger partial charge in [0.05, 0.1) is 19.8 Å². The lowest BCUT2D eigenvalue weighted by Crippen LogP contribution is -2.38. The molecule has 7 heteroatoms. The summed E-state index contributed by atoms with van der Waals surface area (Å²) in [5.74, 6) is 2.29. The molecule has 2 aliphatic heterocycles. The summed E-state index contributed by atoms with van der Waals surface area (Å²) in [6, 6.07) is 18.7. The number of rotatable bonds is 20. The zero-order valence-electron chi connectivity index (χ0n) is 30.9. The number of morpholine rings is 1. The van der Waals surface area contributed by atoms with E-state index in [1.165, 1.54) is 11.1 Å². The summed E-state index contributed by atoms with van der Waals surface area (Å²) in [6.07, 6.45) is 16.8. The van der Waals surface area contributed by atoms with Crippen LogP contribution in [0.2, 0.25) is 0 Å². The van der Waals surface area contributed by atoms with Gasteiger partial charge in [-0.3, -0.25) is 9.80 Å². The lowest BCUT2D eigenvalue weighted by atomic mass is 9.89. The lowest BCUT2D eigenvalue weighted by molar-refractivity contribution is 0.0322. The molecule has 0 saturated carbocycles. The molecule has 2 aliphatic rings. The van der Waals surface area contributed by atoms with E-state index in [1.54, 1.807) is 6.08 Å². The molecule has 274 valence electrons. The highest BCUT2D eigenvalue weighted by Gasteiger charge is 2.14. The molecule has 4 rings (SSSR count). The van der Waals surface area contributed by atoms with Crippen LogP contribution < -0.4 is 4.74 Å². The van der Waals surface area contributed by atoms with Crippen molar-refractivity contribution in [2.24, 2.45) is 0 Å². The molecule has 2 heterocycles. The minimum atomic E-state index is 0.469. The Balaban J connectivity index is 1.54. The summed E-state index contributed by atoms with van der Waals surface area (Å²) in [6.45, 7) is 23.0. The van der Waals surface area contributed by atoms with E-state index in [4.69, 9.17) is 23.7 Å². The van der Waals surface area contributed by atoms with Crippen molar-refractivity contribution in [1.82, 2.24) is 9.80 Å². The largest absolute Gasteiger partial charge is 0.492 e. The fraction of sp³-hybridized carbons (Fsp3) is 0.409. The molecule has 0 amide bonds. The predicted octanol–water partition coefficient (Wildman–Crippen LogP) is 8.55. The Morgan fingerprint density at radius 3 is 2.25 bits per heavy atom. The van der Waals surface area contributed by atoms with Crippen LogP contribution in [0, 0.1) is 0 Å². The Labute approximate surface area is 306 Å². The molecule has 2 aromatic carbocycles. The van der Waals surface area contributed by atoms with E-state index < -0.39 is 0 Å². The second-order valence-corrected chi connectivity index (χ2v) is 12.5. The highest BCUT2D eigenvalue weighted by atomic mass is 16.5. The van der Waals surface area contributed by atoms with Crippen molar-refractivity contribution in [2.75, 3.05) is 78.9 Å². The molecule has 51 heavy (non-hydrogen) atoms. The number of allylic oxidation sites excluding steroid dienone is 10. The van der Waals surface area contributed by atoms with Crippen molar-refractivity contribution in [3.63, 3.8) is 0 Å². The molecule has 0 spiro atoms. The van der Waals surface area contributed by atoms with Gasteiger partial charge in [0, 0.05) is 45.9 Å². The third-order valence-corrected chi connectivity index (χ3v) is 8.86. The number of hydrogen-bond donors (Lipinski definition) is 0. The number of nitrogens with zero attached hydrogens (tertiary/aromatic N) is 2. The van der Waals surface area contributed by atoms with Gasteiger partial charge >= 0.3 is 0 Å². The fourth-order valence-electron chi connectivity index (χ4n) is 6.13. The van der Waals surface area contributed by atoms with Crippen LogP contribution in [0.1, 0.15) is 44.2 Å². The van der Waals surface area contributed by atoms with E-state index in [-0.39, 0.29) is 0 Å². The van der Waals surface area contributed by atoms with Gasteiger partial charge in [-0.05, 0) is 84.4 Å². The van der Waals surface area contributed by atoms with Gasteiger partial charge in [0.25, 0.3) is 0 Å². The molecule has 7 nitrogen and oxygen atoms in total. The van der Waals surface area contributed by atoms with Crippen LogP contribution in [-0.2, 0) is 25.6 Å². The average molecular weight is 695 g/mol. The predicted molar refractivity (Wildman–Crippen MR) is 210 cm³/mol. The first-order chi connectivity index (χ1) is 25.1. The van der Waals surface area contributed by atoms with E-state index in [1.807, 2.05) is 31.2 Å².